The monoisotopic (exact) mass is 386 g/mol. The summed E-state index contributed by atoms with van der Waals surface area (Å²) in [6.45, 7) is 3.26. The Labute approximate surface area is 146 Å². The van der Waals surface area contributed by atoms with Crippen LogP contribution in [0.2, 0.25) is 0 Å². The predicted octanol–water partition coefficient (Wildman–Crippen LogP) is 2.34. The Morgan fingerprint density at radius 1 is 1.17 bits per heavy atom. The molecule has 3 aliphatic rings. The van der Waals surface area contributed by atoms with Crippen LogP contribution in [-0.4, -0.2) is 63.8 Å². The number of amides is 1. The summed E-state index contributed by atoms with van der Waals surface area (Å²) in [5, 5.41) is 9.30. The highest BCUT2D eigenvalue weighted by atomic mass is 79.9. The van der Waals surface area contributed by atoms with Gasteiger partial charge in [-0.15, -0.1) is 0 Å². The van der Waals surface area contributed by atoms with Crippen LogP contribution in [0, 0.1) is 11.8 Å². The van der Waals surface area contributed by atoms with Crippen molar-refractivity contribution in [2.24, 2.45) is 11.8 Å². The number of carboxylic acid groups (broad SMARTS) is 1. The molecule has 6 heteroatoms. The Hall–Kier alpha value is -0.620. The number of piperidine rings is 3. The molecule has 0 unspecified atom stereocenters. The molecule has 0 aromatic heterocycles. The maximum Gasteiger partial charge on any atom is 0.303 e. The van der Waals surface area contributed by atoms with Gasteiger partial charge in [-0.25, -0.2) is 0 Å². The largest absolute Gasteiger partial charge is 0.481 e. The second kappa shape index (κ2) is 7.51. The smallest absolute Gasteiger partial charge is 0.303 e. The molecule has 0 radical (unpaired) electrons. The second-order valence-electron chi connectivity index (χ2n) is 7.27. The van der Waals surface area contributed by atoms with Crippen molar-refractivity contribution in [1.29, 1.82) is 0 Å². The van der Waals surface area contributed by atoms with E-state index in [4.69, 9.17) is 5.11 Å². The van der Waals surface area contributed by atoms with E-state index in [-0.39, 0.29) is 18.4 Å². The Morgan fingerprint density at radius 3 is 2.61 bits per heavy atom. The number of carboxylic acids is 1. The van der Waals surface area contributed by atoms with E-state index in [2.05, 4.69) is 25.7 Å². The number of halogens is 1. The molecule has 0 aliphatic carbocycles. The van der Waals surface area contributed by atoms with Crippen LogP contribution in [0.4, 0.5) is 0 Å². The molecule has 3 saturated heterocycles. The Balaban J connectivity index is 1.78. The SMILES string of the molecule is O=C(O)CCC[C@H]1[C@H]2CCCN3CCC[C@@H](CN1C(=O)CBr)[C@@H]23. The topological polar surface area (TPSA) is 60.9 Å². The Bertz CT molecular complexity index is 457. The minimum atomic E-state index is -0.736. The van der Waals surface area contributed by atoms with E-state index in [1.807, 2.05) is 0 Å². The molecule has 1 amide bonds. The molecule has 130 valence electrons. The third kappa shape index (κ3) is 3.58. The van der Waals surface area contributed by atoms with Crippen molar-refractivity contribution in [3.8, 4) is 0 Å². The van der Waals surface area contributed by atoms with Crippen molar-refractivity contribution in [3.05, 3.63) is 0 Å². The number of carbonyl (C=O) groups excluding carboxylic acids is 1. The highest BCUT2D eigenvalue weighted by Gasteiger charge is 2.49. The van der Waals surface area contributed by atoms with Gasteiger partial charge in [0.05, 0.1) is 5.33 Å². The van der Waals surface area contributed by atoms with E-state index in [0.717, 1.165) is 13.0 Å². The average Bonchev–Trinajstić information content (AvgIpc) is 2.56. The van der Waals surface area contributed by atoms with E-state index >= 15 is 0 Å². The minimum Gasteiger partial charge on any atom is -0.481 e. The summed E-state index contributed by atoms with van der Waals surface area (Å²) >= 11 is 3.33. The van der Waals surface area contributed by atoms with E-state index in [9.17, 15) is 9.59 Å². The third-order valence-corrected chi connectivity index (χ3v) is 6.48. The normalized spacial score (nSPS) is 34.0. The number of alkyl halides is 1. The molecular formula is C17H27BrN2O3. The van der Waals surface area contributed by atoms with Crippen LogP contribution in [-0.2, 0) is 9.59 Å². The van der Waals surface area contributed by atoms with Crippen LogP contribution in [0.3, 0.4) is 0 Å². The van der Waals surface area contributed by atoms with Crippen molar-refractivity contribution in [1.82, 2.24) is 9.80 Å². The van der Waals surface area contributed by atoms with Crippen LogP contribution >= 0.6 is 15.9 Å². The fraction of sp³-hybridized carbons (Fsp3) is 0.882. The maximum absolute atomic E-state index is 12.5. The zero-order valence-corrected chi connectivity index (χ0v) is 15.2. The summed E-state index contributed by atoms with van der Waals surface area (Å²) in [5.74, 6) is 0.568. The van der Waals surface area contributed by atoms with Crippen molar-refractivity contribution in [3.63, 3.8) is 0 Å². The molecule has 0 bridgehead atoms. The highest BCUT2D eigenvalue weighted by Crippen LogP contribution is 2.43. The van der Waals surface area contributed by atoms with Gasteiger partial charge in [0, 0.05) is 25.0 Å². The first-order chi connectivity index (χ1) is 11.1. The molecule has 0 saturated carbocycles. The average molecular weight is 387 g/mol. The maximum atomic E-state index is 12.5. The molecule has 23 heavy (non-hydrogen) atoms. The first-order valence-electron chi connectivity index (χ1n) is 8.93. The summed E-state index contributed by atoms with van der Waals surface area (Å²) < 4.78 is 0. The van der Waals surface area contributed by atoms with Crippen LogP contribution < -0.4 is 0 Å². The van der Waals surface area contributed by atoms with Crippen molar-refractivity contribution in [2.75, 3.05) is 25.0 Å². The van der Waals surface area contributed by atoms with E-state index < -0.39 is 5.97 Å². The van der Waals surface area contributed by atoms with Gasteiger partial charge in [-0.3, -0.25) is 14.5 Å². The fourth-order valence-electron chi connectivity index (χ4n) is 5.19. The van der Waals surface area contributed by atoms with Gasteiger partial charge in [-0.2, -0.15) is 0 Å². The van der Waals surface area contributed by atoms with Crippen LogP contribution in [0.15, 0.2) is 0 Å². The summed E-state index contributed by atoms with van der Waals surface area (Å²) in [5.41, 5.74) is 0. The van der Waals surface area contributed by atoms with E-state index in [0.29, 0.717) is 29.6 Å². The highest BCUT2D eigenvalue weighted by molar-refractivity contribution is 9.09. The number of aliphatic carboxylic acids is 1. The van der Waals surface area contributed by atoms with Gasteiger partial charge in [0.2, 0.25) is 5.91 Å². The lowest BCUT2D eigenvalue weighted by Gasteiger charge is -2.57. The summed E-state index contributed by atoms with van der Waals surface area (Å²) in [6.07, 6.45) is 6.56. The zero-order valence-electron chi connectivity index (χ0n) is 13.6. The molecule has 0 spiro atoms. The number of rotatable bonds is 5. The van der Waals surface area contributed by atoms with E-state index in [1.165, 1.54) is 38.8 Å². The van der Waals surface area contributed by atoms with E-state index in [1.54, 1.807) is 0 Å². The van der Waals surface area contributed by atoms with Crippen molar-refractivity contribution >= 4 is 27.8 Å². The minimum absolute atomic E-state index is 0.173. The Kier molecular flexibility index (Phi) is 5.62. The molecule has 5 nitrogen and oxygen atoms in total. The molecule has 1 N–H and O–H groups in total. The van der Waals surface area contributed by atoms with Gasteiger partial charge in [0.25, 0.3) is 0 Å². The van der Waals surface area contributed by atoms with Gasteiger partial charge in [-0.05, 0) is 63.5 Å². The van der Waals surface area contributed by atoms with Crippen LogP contribution in [0.1, 0.15) is 44.9 Å². The molecule has 0 aromatic rings. The standard InChI is InChI=1S/C17H27BrN2O3/c18-10-15(21)20-11-12-4-2-8-19-9-3-5-13(17(12)19)14(20)6-1-7-16(22)23/h12-14,17H,1-11H2,(H,22,23)/t12-,13+,14-,17-/m0/s1. The van der Waals surface area contributed by atoms with Crippen molar-refractivity contribution < 1.29 is 14.7 Å². The lowest BCUT2D eigenvalue weighted by atomic mass is 9.69. The molecular weight excluding hydrogens is 360 g/mol. The molecule has 0 aromatic carbocycles. The van der Waals surface area contributed by atoms with Gasteiger partial charge in [0.1, 0.15) is 0 Å². The predicted molar refractivity (Wildman–Crippen MR) is 91.6 cm³/mol. The number of hydrogen-bond donors (Lipinski definition) is 1. The second-order valence-corrected chi connectivity index (χ2v) is 7.83. The summed E-state index contributed by atoms with van der Waals surface area (Å²) in [6, 6.07) is 0.841. The summed E-state index contributed by atoms with van der Waals surface area (Å²) in [7, 11) is 0. The van der Waals surface area contributed by atoms with Gasteiger partial charge >= 0.3 is 5.97 Å². The zero-order chi connectivity index (χ0) is 16.4. The van der Waals surface area contributed by atoms with Gasteiger partial charge in [0.15, 0.2) is 0 Å². The van der Waals surface area contributed by atoms with Gasteiger partial charge < -0.3 is 10.0 Å². The lowest BCUT2D eigenvalue weighted by Crippen LogP contribution is -2.65. The molecule has 3 aliphatic heterocycles. The van der Waals surface area contributed by atoms with Crippen LogP contribution in [0.25, 0.3) is 0 Å². The quantitative estimate of drug-likeness (QED) is 0.736. The van der Waals surface area contributed by atoms with Crippen LogP contribution in [0.5, 0.6) is 0 Å². The lowest BCUT2D eigenvalue weighted by molar-refractivity contribution is -0.143. The van der Waals surface area contributed by atoms with Gasteiger partial charge in [-0.1, -0.05) is 15.9 Å². The number of likely N-dealkylation sites (tertiary alicyclic amines) is 1. The summed E-state index contributed by atoms with van der Waals surface area (Å²) in [4.78, 5) is 28.1. The first-order valence-corrected chi connectivity index (χ1v) is 10.0. The number of hydrogen-bond acceptors (Lipinski definition) is 3. The molecule has 3 heterocycles. The number of carbonyl (C=O) groups is 2. The third-order valence-electron chi connectivity index (χ3n) is 6.00. The fourth-order valence-corrected chi connectivity index (χ4v) is 5.51. The molecule has 3 rings (SSSR count). The molecule has 4 atom stereocenters. The Morgan fingerprint density at radius 2 is 1.91 bits per heavy atom. The molecule has 3 fully saturated rings. The van der Waals surface area contributed by atoms with Crippen molar-refractivity contribution in [2.45, 2.75) is 57.0 Å². The first kappa shape index (κ1) is 17.2. The number of nitrogens with zero attached hydrogens (tertiary/aromatic N) is 2.